The van der Waals surface area contributed by atoms with Crippen molar-refractivity contribution in [1.29, 1.82) is 0 Å². The number of carbonyl (C=O) groups excluding carboxylic acids is 1. The molecule has 0 bridgehead atoms. The second-order valence-corrected chi connectivity index (χ2v) is 4.41. The summed E-state index contributed by atoms with van der Waals surface area (Å²) in [4.78, 5) is 13.6. The van der Waals surface area contributed by atoms with Crippen LogP contribution in [0.25, 0.3) is 0 Å². The van der Waals surface area contributed by atoms with Gasteiger partial charge in [0.1, 0.15) is 0 Å². The summed E-state index contributed by atoms with van der Waals surface area (Å²) in [7, 11) is 3.45. The number of hydrogen-bond donors (Lipinski definition) is 1. The van der Waals surface area contributed by atoms with Crippen LogP contribution in [0.2, 0.25) is 0 Å². The Morgan fingerprint density at radius 2 is 2.00 bits per heavy atom. The van der Waals surface area contributed by atoms with Crippen molar-refractivity contribution < 1.29 is 9.53 Å². The van der Waals surface area contributed by atoms with E-state index in [9.17, 15) is 4.79 Å². The second kappa shape index (κ2) is 7.13. The fourth-order valence-corrected chi connectivity index (χ4v) is 1.61. The Morgan fingerprint density at radius 1 is 1.39 bits per heavy atom. The first-order valence-electron chi connectivity index (χ1n) is 6.16. The van der Waals surface area contributed by atoms with Crippen molar-refractivity contribution in [1.82, 2.24) is 0 Å². The van der Waals surface area contributed by atoms with E-state index in [1.807, 2.05) is 31.2 Å². The van der Waals surface area contributed by atoms with Gasteiger partial charge in [0.2, 0.25) is 5.91 Å². The number of benzene rings is 1. The SMILES string of the molecule is COC(C)CCC(=O)N(C)c1ccc(CN)cc1. The van der Waals surface area contributed by atoms with Crippen LogP contribution >= 0.6 is 0 Å². The molecular formula is C14H22N2O2. The van der Waals surface area contributed by atoms with Crippen molar-refractivity contribution in [2.75, 3.05) is 19.1 Å². The molecule has 0 saturated heterocycles. The summed E-state index contributed by atoms with van der Waals surface area (Å²) in [5.41, 5.74) is 7.49. The Bertz CT molecular complexity index is 376. The number of ether oxygens (including phenoxy) is 1. The standard InChI is InChI=1S/C14H22N2O2/c1-11(18-3)4-9-14(17)16(2)13-7-5-12(10-15)6-8-13/h5-8,11H,4,9-10,15H2,1-3H3. The lowest BCUT2D eigenvalue weighted by Crippen LogP contribution is -2.27. The van der Waals surface area contributed by atoms with Gasteiger partial charge >= 0.3 is 0 Å². The number of amides is 1. The first kappa shape index (κ1) is 14.7. The molecule has 100 valence electrons. The Hall–Kier alpha value is -1.39. The molecule has 0 heterocycles. The molecular weight excluding hydrogens is 228 g/mol. The van der Waals surface area contributed by atoms with E-state index in [1.165, 1.54) is 0 Å². The zero-order valence-electron chi connectivity index (χ0n) is 11.3. The van der Waals surface area contributed by atoms with Crippen molar-refractivity contribution in [2.45, 2.75) is 32.4 Å². The molecule has 0 aliphatic carbocycles. The van der Waals surface area contributed by atoms with Crippen LogP contribution in [0, 0.1) is 0 Å². The summed E-state index contributed by atoms with van der Waals surface area (Å²) >= 11 is 0. The maximum absolute atomic E-state index is 12.0. The fourth-order valence-electron chi connectivity index (χ4n) is 1.61. The molecule has 4 heteroatoms. The van der Waals surface area contributed by atoms with Gasteiger partial charge in [-0.05, 0) is 31.0 Å². The predicted molar refractivity (Wildman–Crippen MR) is 73.4 cm³/mol. The monoisotopic (exact) mass is 250 g/mol. The van der Waals surface area contributed by atoms with Gasteiger partial charge in [0, 0.05) is 32.8 Å². The van der Waals surface area contributed by atoms with Crippen LogP contribution in [0.15, 0.2) is 24.3 Å². The van der Waals surface area contributed by atoms with Gasteiger partial charge in [-0.1, -0.05) is 12.1 Å². The van der Waals surface area contributed by atoms with Crippen molar-refractivity contribution in [3.8, 4) is 0 Å². The smallest absolute Gasteiger partial charge is 0.226 e. The van der Waals surface area contributed by atoms with Crippen molar-refractivity contribution >= 4 is 11.6 Å². The van der Waals surface area contributed by atoms with E-state index >= 15 is 0 Å². The van der Waals surface area contributed by atoms with E-state index < -0.39 is 0 Å². The zero-order valence-corrected chi connectivity index (χ0v) is 11.3. The molecule has 0 aliphatic heterocycles. The Kier molecular flexibility index (Phi) is 5.82. The van der Waals surface area contributed by atoms with E-state index in [2.05, 4.69) is 0 Å². The summed E-state index contributed by atoms with van der Waals surface area (Å²) < 4.78 is 5.13. The van der Waals surface area contributed by atoms with E-state index in [-0.39, 0.29) is 12.0 Å². The highest BCUT2D eigenvalue weighted by Gasteiger charge is 2.12. The van der Waals surface area contributed by atoms with E-state index in [4.69, 9.17) is 10.5 Å². The van der Waals surface area contributed by atoms with Gasteiger partial charge in [-0.15, -0.1) is 0 Å². The third-order valence-electron chi connectivity index (χ3n) is 3.10. The minimum absolute atomic E-state index is 0.0967. The Labute approximate surface area is 109 Å². The number of carbonyl (C=O) groups is 1. The van der Waals surface area contributed by atoms with Crippen LogP contribution in [0.4, 0.5) is 5.69 Å². The highest BCUT2D eigenvalue weighted by molar-refractivity contribution is 5.92. The summed E-state index contributed by atoms with van der Waals surface area (Å²) in [6.07, 6.45) is 1.34. The predicted octanol–water partition coefficient (Wildman–Crippen LogP) is 1.92. The fraction of sp³-hybridized carbons (Fsp3) is 0.500. The average Bonchev–Trinajstić information content (AvgIpc) is 2.43. The molecule has 0 spiro atoms. The van der Waals surface area contributed by atoms with Crippen molar-refractivity contribution in [2.24, 2.45) is 5.73 Å². The maximum Gasteiger partial charge on any atom is 0.226 e. The van der Waals surface area contributed by atoms with Crippen LogP contribution in [0.5, 0.6) is 0 Å². The zero-order chi connectivity index (χ0) is 13.5. The molecule has 4 nitrogen and oxygen atoms in total. The number of hydrogen-bond acceptors (Lipinski definition) is 3. The van der Waals surface area contributed by atoms with Gasteiger partial charge in [0.15, 0.2) is 0 Å². The average molecular weight is 250 g/mol. The molecule has 0 fully saturated rings. The number of nitrogens with zero attached hydrogens (tertiary/aromatic N) is 1. The van der Waals surface area contributed by atoms with E-state index in [0.717, 1.165) is 17.7 Å². The highest BCUT2D eigenvalue weighted by Crippen LogP contribution is 2.15. The number of anilines is 1. The normalized spacial score (nSPS) is 12.2. The number of nitrogens with two attached hydrogens (primary N) is 1. The Morgan fingerprint density at radius 3 is 2.50 bits per heavy atom. The first-order valence-corrected chi connectivity index (χ1v) is 6.16. The van der Waals surface area contributed by atoms with Gasteiger partial charge in [-0.3, -0.25) is 4.79 Å². The quantitative estimate of drug-likeness (QED) is 0.839. The van der Waals surface area contributed by atoms with Gasteiger partial charge in [-0.2, -0.15) is 0 Å². The molecule has 1 rings (SSSR count). The molecule has 1 aromatic rings. The summed E-state index contributed by atoms with van der Waals surface area (Å²) in [6.45, 7) is 2.48. The van der Waals surface area contributed by atoms with E-state index in [1.54, 1.807) is 19.1 Å². The Balaban J connectivity index is 2.56. The molecule has 0 aliphatic rings. The van der Waals surface area contributed by atoms with E-state index in [0.29, 0.717) is 13.0 Å². The lowest BCUT2D eigenvalue weighted by Gasteiger charge is -2.18. The molecule has 0 radical (unpaired) electrons. The first-order chi connectivity index (χ1) is 8.58. The molecule has 1 atom stereocenters. The van der Waals surface area contributed by atoms with Crippen molar-refractivity contribution in [3.63, 3.8) is 0 Å². The van der Waals surface area contributed by atoms with Crippen LogP contribution < -0.4 is 10.6 Å². The molecule has 0 aromatic heterocycles. The lowest BCUT2D eigenvalue weighted by atomic mass is 10.1. The summed E-state index contributed by atoms with van der Waals surface area (Å²) in [6, 6.07) is 7.72. The topological polar surface area (TPSA) is 55.6 Å². The molecule has 0 saturated carbocycles. The van der Waals surface area contributed by atoms with Gasteiger partial charge in [0.25, 0.3) is 0 Å². The largest absolute Gasteiger partial charge is 0.382 e. The third kappa shape index (κ3) is 4.13. The minimum Gasteiger partial charge on any atom is -0.382 e. The molecule has 1 unspecified atom stereocenters. The summed E-state index contributed by atoms with van der Waals surface area (Å²) in [5, 5.41) is 0. The van der Waals surface area contributed by atoms with Crippen LogP contribution in [-0.4, -0.2) is 26.2 Å². The van der Waals surface area contributed by atoms with Crippen LogP contribution in [-0.2, 0) is 16.1 Å². The highest BCUT2D eigenvalue weighted by atomic mass is 16.5. The molecule has 1 aromatic carbocycles. The lowest BCUT2D eigenvalue weighted by molar-refractivity contribution is -0.118. The third-order valence-corrected chi connectivity index (χ3v) is 3.10. The number of methoxy groups -OCH3 is 1. The minimum atomic E-state index is 0.0967. The van der Waals surface area contributed by atoms with Crippen molar-refractivity contribution in [3.05, 3.63) is 29.8 Å². The maximum atomic E-state index is 12.0. The van der Waals surface area contributed by atoms with Gasteiger partial charge < -0.3 is 15.4 Å². The van der Waals surface area contributed by atoms with Gasteiger partial charge in [0.05, 0.1) is 6.10 Å². The van der Waals surface area contributed by atoms with Gasteiger partial charge in [-0.25, -0.2) is 0 Å². The molecule has 1 amide bonds. The number of rotatable bonds is 6. The summed E-state index contributed by atoms with van der Waals surface area (Å²) in [5.74, 6) is 0.0967. The van der Waals surface area contributed by atoms with Crippen LogP contribution in [0.1, 0.15) is 25.3 Å². The molecule has 18 heavy (non-hydrogen) atoms. The molecule has 2 N–H and O–H groups in total. The van der Waals surface area contributed by atoms with Crippen LogP contribution in [0.3, 0.4) is 0 Å². The second-order valence-electron chi connectivity index (χ2n) is 4.41.